The monoisotopic (exact) mass is 335 g/mol. The van der Waals surface area contributed by atoms with Gasteiger partial charge in [-0.1, -0.05) is 46.3 Å². The summed E-state index contributed by atoms with van der Waals surface area (Å²) >= 11 is 3.51. The second-order valence-electron chi connectivity index (χ2n) is 4.43. The molecule has 0 spiro atoms. The molecule has 2 aromatic carbocycles. The highest BCUT2D eigenvalue weighted by Gasteiger charge is 2.04. The lowest BCUT2D eigenvalue weighted by atomic mass is 10.1. The van der Waals surface area contributed by atoms with Gasteiger partial charge in [-0.3, -0.25) is 0 Å². The molecule has 4 heteroatoms. The van der Waals surface area contributed by atoms with Gasteiger partial charge in [-0.15, -0.1) is 0 Å². The van der Waals surface area contributed by atoms with Gasteiger partial charge in [-0.05, 0) is 23.3 Å². The summed E-state index contributed by atoms with van der Waals surface area (Å²) in [5.74, 6) is 0.814. The van der Waals surface area contributed by atoms with E-state index in [1.807, 2.05) is 42.5 Å². The van der Waals surface area contributed by atoms with Crippen LogP contribution in [0, 0.1) is 0 Å². The predicted molar refractivity (Wildman–Crippen MR) is 83.5 cm³/mol. The molecule has 106 valence electrons. The second kappa shape index (κ2) is 7.43. The van der Waals surface area contributed by atoms with E-state index in [1.54, 1.807) is 7.11 Å². The van der Waals surface area contributed by atoms with Crippen LogP contribution in [0.15, 0.2) is 46.9 Å². The fourth-order valence-electron chi connectivity index (χ4n) is 1.94. The van der Waals surface area contributed by atoms with E-state index in [0.717, 1.165) is 26.9 Å². The Kier molecular flexibility index (Phi) is 5.59. The summed E-state index contributed by atoms with van der Waals surface area (Å²) in [7, 11) is 1.65. The number of ether oxygens (including phenoxy) is 2. The Bertz CT molecular complexity index is 572. The minimum Gasteiger partial charge on any atom is -0.496 e. The first kappa shape index (κ1) is 15.0. The van der Waals surface area contributed by atoms with Gasteiger partial charge in [-0.25, -0.2) is 0 Å². The van der Waals surface area contributed by atoms with Crippen LogP contribution in [0.2, 0.25) is 0 Å². The van der Waals surface area contributed by atoms with E-state index in [4.69, 9.17) is 15.2 Å². The van der Waals surface area contributed by atoms with Crippen LogP contribution in [0.1, 0.15) is 16.7 Å². The van der Waals surface area contributed by atoms with E-state index < -0.39 is 0 Å². The molecule has 0 aliphatic carbocycles. The first-order valence-corrected chi connectivity index (χ1v) is 7.21. The number of halogens is 1. The van der Waals surface area contributed by atoms with Crippen molar-refractivity contribution in [2.24, 2.45) is 5.73 Å². The summed E-state index contributed by atoms with van der Waals surface area (Å²) in [6.45, 7) is 1.59. The van der Waals surface area contributed by atoms with Crippen molar-refractivity contribution in [1.82, 2.24) is 0 Å². The molecule has 2 aromatic rings. The zero-order valence-corrected chi connectivity index (χ0v) is 13.0. The molecule has 3 nitrogen and oxygen atoms in total. The molecule has 0 bridgehead atoms. The van der Waals surface area contributed by atoms with E-state index >= 15 is 0 Å². The average molecular weight is 336 g/mol. The molecule has 2 rings (SSSR count). The summed E-state index contributed by atoms with van der Waals surface area (Å²) in [5.41, 5.74) is 8.87. The summed E-state index contributed by atoms with van der Waals surface area (Å²) < 4.78 is 12.1. The molecule has 2 N–H and O–H groups in total. The molecule has 0 unspecified atom stereocenters. The second-order valence-corrected chi connectivity index (χ2v) is 5.29. The number of benzene rings is 2. The van der Waals surface area contributed by atoms with E-state index in [9.17, 15) is 0 Å². The number of methoxy groups -OCH3 is 1. The standard InChI is InChI=1S/C16H18BrNO2/c1-19-16-8-12(6-7-13(16)9-18)10-20-11-14-4-2-3-5-15(14)17/h2-8H,9-11,18H2,1H3. The van der Waals surface area contributed by atoms with E-state index in [0.29, 0.717) is 19.8 Å². The maximum Gasteiger partial charge on any atom is 0.123 e. The summed E-state index contributed by atoms with van der Waals surface area (Å²) in [6, 6.07) is 14.0. The Morgan fingerprint density at radius 3 is 2.55 bits per heavy atom. The lowest BCUT2D eigenvalue weighted by Crippen LogP contribution is -2.01. The van der Waals surface area contributed by atoms with Crippen LogP contribution >= 0.6 is 15.9 Å². The Morgan fingerprint density at radius 1 is 1.05 bits per heavy atom. The van der Waals surface area contributed by atoms with Gasteiger partial charge >= 0.3 is 0 Å². The summed E-state index contributed by atoms with van der Waals surface area (Å²) in [5, 5.41) is 0. The number of hydrogen-bond donors (Lipinski definition) is 1. The molecule has 0 atom stereocenters. The Hall–Kier alpha value is -1.36. The summed E-state index contributed by atoms with van der Waals surface area (Å²) in [4.78, 5) is 0. The highest BCUT2D eigenvalue weighted by molar-refractivity contribution is 9.10. The molecule has 0 aromatic heterocycles. The number of rotatable bonds is 6. The molecule has 0 heterocycles. The van der Waals surface area contributed by atoms with Gasteiger partial charge in [0.05, 0.1) is 20.3 Å². The van der Waals surface area contributed by atoms with E-state index in [1.165, 1.54) is 0 Å². The third-order valence-corrected chi connectivity index (χ3v) is 3.83. The molecule has 0 saturated carbocycles. The van der Waals surface area contributed by atoms with Crippen molar-refractivity contribution in [1.29, 1.82) is 0 Å². The van der Waals surface area contributed by atoms with Crippen molar-refractivity contribution in [3.05, 3.63) is 63.6 Å². The Balaban J connectivity index is 1.96. The highest BCUT2D eigenvalue weighted by Crippen LogP contribution is 2.21. The average Bonchev–Trinajstić information content (AvgIpc) is 2.49. The minimum atomic E-state index is 0.473. The van der Waals surface area contributed by atoms with Crippen LogP contribution in [0.25, 0.3) is 0 Å². The van der Waals surface area contributed by atoms with Crippen molar-refractivity contribution in [3.8, 4) is 5.75 Å². The van der Waals surface area contributed by atoms with Crippen molar-refractivity contribution in [2.75, 3.05) is 7.11 Å². The molecular formula is C16H18BrNO2. The van der Waals surface area contributed by atoms with Gasteiger partial charge in [0.25, 0.3) is 0 Å². The van der Waals surface area contributed by atoms with Crippen molar-refractivity contribution in [3.63, 3.8) is 0 Å². The quantitative estimate of drug-likeness (QED) is 0.876. The Labute approximate surface area is 127 Å². The third-order valence-electron chi connectivity index (χ3n) is 3.06. The molecule has 0 fully saturated rings. The molecule has 0 aliphatic heterocycles. The number of nitrogens with two attached hydrogens (primary N) is 1. The predicted octanol–water partition coefficient (Wildman–Crippen LogP) is 3.63. The first-order valence-electron chi connectivity index (χ1n) is 6.41. The van der Waals surface area contributed by atoms with Crippen LogP contribution in [-0.2, 0) is 24.5 Å². The molecule has 20 heavy (non-hydrogen) atoms. The SMILES string of the molecule is COc1cc(COCc2ccccc2Br)ccc1CN. The molecule has 0 aliphatic rings. The molecule has 0 radical (unpaired) electrons. The van der Waals surface area contributed by atoms with Gasteiger partial charge in [0, 0.05) is 16.6 Å². The van der Waals surface area contributed by atoms with Crippen LogP contribution in [0.4, 0.5) is 0 Å². The highest BCUT2D eigenvalue weighted by atomic mass is 79.9. The zero-order valence-electron chi connectivity index (χ0n) is 11.4. The van der Waals surface area contributed by atoms with Crippen LogP contribution < -0.4 is 10.5 Å². The molecule has 0 amide bonds. The van der Waals surface area contributed by atoms with Crippen molar-refractivity contribution < 1.29 is 9.47 Å². The third kappa shape index (κ3) is 3.82. The normalized spacial score (nSPS) is 10.6. The van der Waals surface area contributed by atoms with Gasteiger partial charge in [0.1, 0.15) is 5.75 Å². The van der Waals surface area contributed by atoms with Crippen molar-refractivity contribution in [2.45, 2.75) is 19.8 Å². The van der Waals surface area contributed by atoms with E-state index in [2.05, 4.69) is 15.9 Å². The number of hydrogen-bond acceptors (Lipinski definition) is 3. The van der Waals surface area contributed by atoms with Crippen LogP contribution in [-0.4, -0.2) is 7.11 Å². The van der Waals surface area contributed by atoms with E-state index in [-0.39, 0.29) is 0 Å². The largest absolute Gasteiger partial charge is 0.496 e. The van der Waals surface area contributed by atoms with Gasteiger partial charge < -0.3 is 15.2 Å². The van der Waals surface area contributed by atoms with Crippen LogP contribution in [0.5, 0.6) is 5.75 Å². The minimum absolute atomic E-state index is 0.473. The summed E-state index contributed by atoms with van der Waals surface area (Å²) in [6.07, 6.45) is 0. The van der Waals surface area contributed by atoms with Crippen molar-refractivity contribution >= 4 is 15.9 Å². The fraction of sp³-hybridized carbons (Fsp3) is 0.250. The lowest BCUT2D eigenvalue weighted by molar-refractivity contribution is 0.106. The van der Waals surface area contributed by atoms with Gasteiger partial charge in [0.15, 0.2) is 0 Å². The zero-order chi connectivity index (χ0) is 14.4. The first-order chi connectivity index (χ1) is 9.74. The maximum absolute atomic E-state index is 5.74. The van der Waals surface area contributed by atoms with Gasteiger partial charge in [0.2, 0.25) is 0 Å². The fourth-order valence-corrected chi connectivity index (χ4v) is 2.34. The van der Waals surface area contributed by atoms with Gasteiger partial charge in [-0.2, -0.15) is 0 Å². The molecular weight excluding hydrogens is 318 g/mol. The Morgan fingerprint density at radius 2 is 1.85 bits per heavy atom. The lowest BCUT2D eigenvalue weighted by Gasteiger charge is -2.10. The topological polar surface area (TPSA) is 44.5 Å². The maximum atomic E-state index is 5.74. The molecule has 0 saturated heterocycles. The smallest absolute Gasteiger partial charge is 0.123 e. The van der Waals surface area contributed by atoms with Crippen LogP contribution in [0.3, 0.4) is 0 Å².